The molecule has 0 radical (unpaired) electrons. The number of likely N-dealkylation sites (tertiary alicyclic amines) is 1. The van der Waals surface area contributed by atoms with Gasteiger partial charge in [0.2, 0.25) is 11.7 Å². The van der Waals surface area contributed by atoms with E-state index in [1.807, 2.05) is 88.6 Å². The van der Waals surface area contributed by atoms with Crippen molar-refractivity contribution in [2.45, 2.75) is 31.3 Å². The van der Waals surface area contributed by atoms with Crippen molar-refractivity contribution >= 4 is 11.7 Å². The molecule has 190 valence electrons. The molecule has 1 fully saturated rings. The Morgan fingerprint density at radius 1 is 1.05 bits per heavy atom. The fraction of sp³-hybridized carbons (Fsp3) is 0.207. The van der Waals surface area contributed by atoms with Crippen LogP contribution in [-0.2, 0) is 11.2 Å². The van der Waals surface area contributed by atoms with E-state index in [0.29, 0.717) is 42.5 Å². The second-order valence-corrected chi connectivity index (χ2v) is 9.43. The van der Waals surface area contributed by atoms with Gasteiger partial charge in [0.05, 0.1) is 12.0 Å². The third-order valence-electron chi connectivity index (χ3n) is 7.02. The second-order valence-electron chi connectivity index (χ2n) is 9.43. The standard InChI is InChI=1S/C29H27N7O2/c30-27-24(29-33-28(34-38-29)21-10-5-2-6-11-21)17-23(19-31-27)22-12-15-35(25(18-22)36-14-7-13-32-36)26(37)16-20-8-3-1-4-9-20/h1-11,13-14,17,19,22,25H,12,15-16,18H2,(H2,30,31). The zero-order valence-electron chi connectivity index (χ0n) is 20.7. The lowest BCUT2D eigenvalue weighted by Crippen LogP contribution is -2.44. The van der Waals surface area contributed by atoms with Crippen molar-refractivity contribution in [2.75, 3.05) is 12.3 Å². The molecule has 2 aromatic carbocycles. The van der Waals surface area contributed by atoms with Crippen LogP contribution < -0.4 is 5.73 Å². The predicted molar refractivity (Wildman–Crippen MR) is 142 cm³/mol. The van der Waals surface area contributed by atoms with Crippen LogP contribution in [0.5, 0.6) is 0 Å². The van der Waals surface area contributed by atoms with Crippen molar-refractivity contribution in [3.8, 4) is 22.8 Å². The van der Waals surface area contributed by atoms with Crippen LogP contribution in [-0.4, -0.2) is 42.3 Å². The summed E-state index contributed by atoms with van der Waals surface area (Å²) in [5, 5.41) is 8.60. The molecule has 9 nitrogen and oxygen atoms in total. The molecule has 38 heavy (non-hydrogen) atoms. The van der Waals surface area contributed by atoms with Gasteiger partial charge in [0.1, 0.15) is 12.0 Å². The van der Waals surface area contributed by atoms with Crippen molar-refractivity contribution in [1.82, 2.24) is 29.8 Å². The van der Waals surface area contributed by atoms with E-state index >= 15 is 0 Å². The Hall–Kier alpha value is -4.79. The lowest BCUT2D eigenvalue weighted by atomic mass is 9.87. The Morgan fingerprint density at radius 3 is 2.61 bits per heavy atom. The summed E-state index contributed by atoms with van der Waals surface area (Å²) in [6.07, 6.45) is 7.11. The van der Waals surface area contributed by atoms with Crippen LogP contribution in [0.25, 0.3) is 22.8 Å². The maximum Gasteiger partial charge on any atom is 0.261 e. The van der Waals surface area contributed by atoms with Crippen LogP contribution >= 0.6 is 0 Å². The molecule has 0 bridgehead atoms. The molecular weight excluding hydrogens is 478 g/mol. The average molecular weight is 506 g/mol. The molecule has 2 atom stereocenters. The largest absolute Gasteiger partial charge is 0.383 e. The highest BCUT2D eigenvalue weighted by Gasteiger charge is 2.34. The van der Waals surface area contributed by atoms with Crippen LogP contribution in [0.4, 0.5) is 5.82 Å². The molecule has 2 unspecified atom stereocenters. The van der Waals surface area contributed by atoms with E-state index in [2.05, 4.69) is 20.2 Å². The maximum absolute atomic E-state index is 13.3. The van der Waals surface area contributed by atoms with Gasteiger partial charge in [-0.25, -0.2) is 9.67 Å². The molecular formula is C29H27N7O2. The molecule has 4 heterocycles. The summed E-state index contributed by atoms with van der Waals surface area (Å²) in [5.74, 6) is 1.39. The topological polar surface area (TPSA) is 116 Å². The first kappa shape index (κ1) is 23.6. The second kappa shape index (κ2) is 10.3. The van der Waals surface area contributed by atoms with E-state index in [4.69, 9.17) is 10.3 Å². The first-order valence-electron chi connectivity index (χ1n) is 12.6. The fourth-order valence-corrected chi connectivity index (χ4v) is 5.04. The number of nitrogens with two attached hydrogens (primary N) is 1. The third kappa shape index (κ3) is 4.78. The molecule has 1 aliphatic heterocycles. The molecule has 1 aliphatic rings. The molecule has 5 aromatic rings. The molecule has 3 aromatic heterocycles. The van der Waals surface area contributed by atoms with Gasteiger partial charge in [0, 0.05) is 30.7 Å². The molecule has 0 saturated carbocycles. The maximum atomic E-state index is 13.3. The summed E-state index contributed by atoms with van der Waals surface area (Å²) in [6.45, 7) is 0.610. The first-order valence-corrected chi connectivity index (χ1v) is 12.6. The third-order valence-corrected chi connectivity index (χ3v) is 7.02. The van der Waals surface area contributed by atoms with E-state index in [1.54, 1.807) is 12.4 Å². The highest BCUT2D eigenvalue weighted by atomic mass is 16.5. The van der Waals surface area contributed by atoms with Crippen LogP contribution in [0.2, 0.25) is 0 Å². The number of nitrogens with zero attached hydrogens (tertiary/aromatic N) is 6. The zero-order valence-corrected chi connectivity index (χ0v) is 20.7. The number of piperidine rings is 1. The number of hydrogen-bond acceptors (Lipinski definition) is 7. The zero-order chi connectivity index (χ0) is 25.9. The highest BCUT2D eigenvalue weighted by Crippen LogP contribution is 2.38. The van der Waals surface area contributed by atoms with E-state index < -0.39 is 0 Å². The van der Waals surface area contributed by atoms with Crippen LogP contribution in [0, 0.1) is 0 Å². The summed E-state index contributed by atoms with van der Waals surface area (Å²) < 4.78 is 7.43. The van der Waals surface area contributed by atoms with Gasteiger partial charge >= 0.3 is 0 Å². The summed E-state index contributed by atoms with van der Waals surface area (Å²) in [7, 11) is 0. The van der Waals surface area contributed by atoms with Gasteiger partial charge in [-0.05, 0) is 42.0 Å². The van der Waals surface area contributed by atoms with Crippen LogP contribution in [0.15, 0.2) is 95.9 Å². The normalized spacial score (nSPS) is 17.4. The van der Waals surface area contributed by atoms with Crippen molar-refractivity contribution in [2.24, 2.45) is 0 Å². The molecule has 0 aliphatic carbocycles. The Kier molecular flexibility index (Phi) is 6.39. The predicted octanol–water partition coefficient (Wildman–Crippen LogP) is 4.72. The number of pyridine rings is 1. The van der Waals surface area contributed by atoms with E-state index in [9.17, 15) is 4.79 Å². The number of aromatic nitrogens is 5. The highest BCUT2D eigenvalue weighted by molar-refractivity contribution is 5.79. The summed E-state index contributed by atoms with van der Waals surface area (Å²) in [4.78, 5) is 24.3. The quantitative estimate of drug-likeness (QED) is 0.355. The van der Waals surface area contributed by atoms with E-state index in [0.717, 1.165) is 23.1 Å². The molecule has 2 N–H and O–H groups in total. The van der Waals surface area contributed by atoms with Gasteiger partial charge in [0.25, 0.3) is 5.89 Å². The Bertz CT molecular complexity index is 1520. The average Bonchev–Trinajstić information content (AvgIpc) is 3.67. The van der Waals surface area contributed by atoms with Gasteiger partial charge in [-0.1, -0.05) is 65.8 Å². The van der Waals surface area contributed by atoms with E-state index in [1.165, 1.54) is 0 Å². The minimum Gasteiger partial charge on any atom is -0.383 e. The number of amides is 1. The number of nitrogen functional groups attached to an aromatic ring is 1. The van der Waals surface area contributed by atoms with E-state index in [-0.39, 0.29) is 18.0 Å². The summed E-state index contributed by atoms with van der Waals surface area (Å²) >= 11 is 0. The Balaban J connectivity index is 1.25. The molecule has 9 heteroatoms. The number of rotatable bonds is 6. The number of carbonyl (C=O) groups is 1. The molecule has 0 spiro atoms. The van der Waals surface area contributed by atoms with Crippen molar-refractivity contribution in [3.05, 3.63) is 103 Å². The lowest BCUT2D eigenvalue weighted by Gasteiger charge is -2.39. The smallest absolute Gasteiger partial charge is 0.261 e. The SMILES string of the molecule is Nc1ncc(C2CCN(C(=O)Cc3ccccc3)C(n3cccn3)C2)cc1-c1nc(-c2ccccc2)no1. The van der Waals surface area contributed by atoms with Gasteiger partial charge in [-0.2, -0.15) is 10.1 Å². The summed E-state index contributed by atoms with van der Waals surface area (Å²) in [6, 6.07) is 23.3. The molecule has 1 saturated heterocycles. The van der Waals surface area contributed by atoms with Crippen molar-refractivity contribution < 1.29 is 9.32 Å². The molecule has 1 amide bonds. The van der Waals surface area contributed by atoms with Gasteiger partial charge in [-0.3, -0.25) is 4.79 Å². The molecule has 6 rings (SSSR count). The van der Waals surface area contributed by atoms with Crippen LogP contribution in [0.1, 0.15) is 36.1 Å². The van der Waals surface area contributed by atoms with Crippen LogP contribution in [0.3, 0.4) is 0 Å². The monoisotopic (exact) mass is 505 g/mol. The number of carbonyl (C=O) groups excluding carboxylic acids is 1. The number of anilines is 1. The van der Waals surface area contributed by atoms with Gasteiger partial charge in [-0.15, -0.1) is 0 Å². The van der Waals surface area contributed by atoms with Crippen molar-refractivity contribution in [3.63, 3.8) is 0 Å². The minimum absolute atomic E-state index is 0.0885. The van der Waals surface area contributed by atoms with Gasteiger partial charge < -0.3 is 15.2 Å². The number of benzene rings is 2. The summed E-state index contributed by atoms with van der Waals surface area (Å²) in [5.41, 5.74) is 9.72. The lowest BCUT2D eigenvalue weighted by molar-refractivity contribution is -0.137. The fourth-order valence-electron chi connectivity index (χ4n) is 5.04. The minimum atomic E-state index is -0.200. The van der Waals surface area contributed by atoms with Crippen molar-refractivity contribution in [1.29, 1.82) is 0 Å². The Labute approximate surface area is 219 Å². The first-order chi connectivity index (χ1) is 18.7. The number of hydrogen-bond donors (Lipinski definition) is 1. The van der Waals surface area contributed by atoms with Gasteiger partial charge in [0.15, 0.2) is 0 Å². The Morgan fingerprint density at radius 2 is 1.84 bits per heavy atom.